The number of pyridine rings is 1. The van der Waals surface area contributed by atoms with Crippen molar-refractivity contribution in [2.45, 2.75) is 62.6 Å². The predicted molar refractivity (Wildman–Crippen MR) is 143 cm³/mol. The van der Waals surface area contributed by atoms with Gasteiger partial charge in [-0.3, -0.25) is 19.3 Å². The van der Waals surface area contributed by atoms with Gasteiger partial charge in [0, 0.05) is 30.8 Å². The Labute approximate surface area is 243 Å². The van der Waals surface area contributed by atoms with Gasteiger partial charge in [0.15, 0.2) is 5.60 Å². The molecule has 0 bridgehead atoms. The highest BCUT2D eigenvalue weighted by Crippen LogP contribution is 2.47. The van der Waals surface area contributed by atoms with Crippen molar-refractivity contribution >= 4 is 29.1 Å². The Balaban J connectivity index is 1.25. The van der Waals surface area contributed by atoms with Crippen LogP contribution in [0.15, 0.2) is 60.3 Å². The number of aromatic nitrogens is 1. The van der Waals surface area contributed by atoms with Gasteiger partial charge in [-0.05, 0) is 49.3 Å². The third kappa shape index (κ3) is 6.06. The molecule has 3 aliphatic rings. The summed E-state index contributed by atoms with van der Waals surface area (Å²) < 4.78 is 69.4. The Bertz CT molecular complexity index is 1420. The third-order valence-electron chi connectivity index (χ3n) is 7.89. The zero-order valence-electron chi connectivity index (χ0n) is 22.1. The van der Waals surface area contributed by atoms with Crippen molar-refractivity contribution < 1.29 is 41.4 Å². The second kappa shape index (κ2) is 11.7. The SMILES string of the molecule is O=C(NC1CCC(CN2C(=O)C(O)(C3=CC=CC(OC(F)(F)F)C3)c3ccccc32)CC1)c1cc(Cl)cnc1C(F)F. The van der Waals surface area contributed by atoms with E-state index in [-0.39, 0.29) is 46.6 Å². The van der Waals surface area contributed by atoms with Crippen LogP contribution < -0.4 is 10.2 Å². The summed E-state index contributed by atoms with van der Waals surface area (Å²) in [5.41, 5.74) is -2.22. The smallest absolute Gasteiger partial charge is 0.372 e. The van der Waals surface area contributed by atoms with Crippen molar-refractivity contribution in [1.29, 1.82) is 0 Å². The first-order valence-electron chi connectivity index (χ1n) is 13.4. The molecule has 224 valence electrons. The number of nitrogens with zero attached hydrogens (tertiary/aromatic N) is 2. The molecule has 5 rings (SSSR count). The number of alkyl halides is 5. The van der Waals surface area contributed by atoms with E-state index in [4.69, 9.17) is 11.6 Å². The molecule has 1 aliphatic heterocycles. The number of nitrogens with one attached hydrogen (secondary N) is 1. The molecule has 2 aliphatic carbocycles. The van der Waals surface area contributed by atoms with Crippen LogP contribution in [0.3, 0.4) is 0 Å². The zero-order valence-corrected chi connectivity index (χ0v) is 22.8. The summed E-state index contributed by atoms with van der Waals surface area (Å²) in [5.74, 6) is -1.36. The van der Waals surface area contributed by atoms with Gasteiger partial charge < -0.3 is 15.3 Å². The van der Waals surface area contributed by atoms with Crippen LogP contribution in [0, 0.1) is 5.92 Å². The van der Waals surface area contributed by atoms with Gasteiger partial charge in [-0.15, -0.1) is 13.2 Å². The van der Waals surface area contributed by atoms with E-state index in [1.807, 2.05) is 0 Å². The number of hydrogen-bond donors (Lipinski definition) is 2. The van der Waals surface area contributed by atoms with Gasteiger partial charge in [-0.2, -0.15) is 0 Å². The first-order chi connectivity index (χ1) is 19.9. The van der Waals surface area contributed by atoms with Gasteiger partial charge in [0.05, 0.1) is 22.4 Å². The van der Waals surface area contributed by atoms with Crippen LogP contribution in [0.25, 0.3) is 0 Å². The summed E-state index contributed by atoms with van der Waals surface area (Å²) in [4.78, 5) is 31.5. The number of hydrogen-bond acceptors (Lipinski definition) is 5. The number of carbonyl (C=O) groups excluding carboxylic acids is 2. The molecule has 2 heterocycles. The summed E-state index contributed by atoms with van der Waals surface area (Å²) in [6.07, 6.45) is -2.23. The minimum Gasteiger partial charge on any atom is -0.372 e. The number of anilines is 1. The third-order valence-corrected chi connectivity index (χ3v) is 8.10. The standard InChI is InChI=1S/C29H27ClF5N3O4/c30-18-13-21(24(25(31)32)36-14-18)26(39)37-19-10-8-16(9-11-19)15-38-23-7-2-1-6-22(23)28(41,27(38)40)17-4-3-5-20(12-17)42-29(33,34)35/h1-7,13-14,16,19-20,25,41H,8-12,15H2,(H,37,39). The Morgan fingerprint density at radius 1 is 1.21 bits per heavy atom. The van der Waals surface area contributed by atoms with Gasteiger partial charge in [0.25, 0.3) is 18.2 Å². The predicted octanol–water partition coefficient (Wildman–Crippen LogP) is 5.99. The number of rotatable bonds is 7. The van der Waals surface area contributed by atoms with E-state index < -0.39 is 42.0 Å². The molecule has 2 unspecified atom stereocenters. The molecule has 0 saturated heterocycles. The van der Waals surface area contributed by atoms with Gasteiger partial charge >= 0.3 is 6.36 Å². The maximum Gasteiger partial charge on any atom is 0.523 e. The largest absolute Gasteiger partial charge is 0.523 e. The van der Waals surface area contributed by atoms with E-state index in [1.54, 1.807) is 24.3 Å². The second-order valence-electron chi connectivity index (χ2n) is 10.6. The van der Waals surface area contributed by atoms with Gasteiger partial charge in [-0.1, -0.05) is 48.0 Å². The molecule has 1 aromatic heterocycles. The van der Waals surface area contributed by atoms with Gasteiger partial charge in [0.2, 0.25) is 0 Å². The van der Waals surface area contributed by atoms with Gasteiger partial charge in [-0.25, -0.2) is 8.78 Å². The molecular formula is C29H27ClF5N3O4. The van der Waals surface area contributed by atoms with E-state index in [1.165, 1.54) is 23.1 Å². The van der Waals surface area contributed by atoms with Crippen molar-refractivity contribution in [3.05, 3.63) is 82.2 Å². The lowest BCUT2D eigenvalue weighted by Gasteiger charge is -2.33. The zero-order chi connectivity index (χ0) is 30.2. The van der Waals surface area contributed by atoms with Crippen LogP contribution in [0.4, 0.5) is 27.6 Å². The highest BCUT2D eigenvalue weighted by Gasteiger charge is 2.53. The van der Waals surface area contributed by atoms with E-state index in [0.29, 0.717) is 31.4 Å². The van der Waals surface area contributed by atoms with Crippen molar-refractivity contribution in [2.75, 3.05) is 11.4 Å². The Morgan fingerprint density at radius 2 is 1.93 bits per heavy atom. The number of benzene rings is 1. The number of carbonyl (C=O) groups is 2. The lowest BCUT2D eigenvalue weighted by atomic mass is 9.82. The van der Waals surface area contributed by atoms with Crippen molar-refractivity contribution in [3.63, 3.8) is 0 Å². The first kappa shape index (κ1) is 30.1. The summed E-state index contributed by atoms with van der Waals surface area (Å²) >= 11 is 5.86. The summed E-state index contributed by atoms with van der Waals surface area (Å²) in [6.45, 7) is 0.248. The quantitative estimate of drug-likeness (QED) is 0.376. The minimum absolute atomic E-state index is 0.0106. The Hall–Kier alpha value is -3.35. The molecule has 7 nitrogen and oxygen atoms in total. The number of halogens is 6. The molecule has 1 fully saturated rings. The highest BCUT2D eigenvalue weighted by atomic mass is 35.5. The number of ether oxygens (including phenoxy) is 1. The van der Waals surface area contributed by atoms with Crippen LogP contribution in [-0.4, -0.2) is 47.0 Å². The molecule has 0 radical (unpaired) electrons. The fourth-order valence-electron chi connectivity index (χ4n) is 5.91. The maximum absolute atomic E-state index is 13.7. The number of fused-ring (bicyclic) bond motifs is 1. The van der Waals surface area contributed by atoms with Crippen LogP contribution in [0.1, 0.15) is 60.1 Å². The normalized spacial score (nSPS) is 25.9. The maximum atomic E-state index is 13.7. The Morgan fingerprint density at radius 3 is 2.62 bits per heavy atom. The van der Waals surface area contributed by atoms with E-state index >= 15 is 0 Å². The van der Waals surface area contributed by atoms with Crippen LogP contribution >= 0.6 is 11.6 Å². The van der Waals surface area contributed by atoms with Crippen LogP contribution in [0.2, 0.25) is 5.02 Å². The topological polar surface area (TPSA) is 91.8 Å². The molecule has 42 heavy (non-hydrogen) atoms. The minimum atomic E-state index is -4.88. The number of para-hydroxylation sites is 1. The van der Waals surface area contributed by atoms with Crippen molar-refractivity contribution in [1.82, 2.24) is 10.3 Å². The summed E-state index contributed by atoms with van der Waals surface area (Å²) in [6, 6.07) is 7.48. The van der Waals surface area contributed by atoms with Crippen LogP contribution in [0.5, 0.6) is 0 Å². The van der Waals surface area contributed by atoms with E-state index in [2.05, 4.69) is 15.0 Å². The number of allylic oxidation sites excluding steroid dienone is 2. The molecule has 1 saturated carbocycles. The van der Waals surface area contributed by atoms with E-state index in [9.17, 15) is 36.6 Å². The van der Waals surface area contributed by atoms with E-state index in [0.717, 1.165) is 12.3 Å². The number of amides is 2. The lowest BCUT2D eigenvalue weighted by Crippen LogP contribution is -2.45. The molecule has 2 aromatic rings. The molecule has 2 atom stereocenters. The van der Waals surface area contributed by atoms with Crippen LogP contribution in [-0.2, 0) is 15.1 Å². The summed E-state index contributed by atoms with van der Waals surface area (Å²) in [5, 5.41) is 14.6. The molecule has 2 N–H and O–H groups in total. The molecule has 1 aromatic carbocycles. The molecule has 13 heteroatoms. The summed E-state index contributed by atoms with van der Waals surface area (Å²) in [7, 11) is 0. The molecular weight excluding hydrogens is 585 g/mol. The highest BCUT2D eigenvalue weighted by molar-refractivity contribution is 6.30. The first-order valence-corrected chi connectivity index (χ1v) is 13.7. The molecule has 0 spiro atoms. The average molecular weight is 612 g/mol. The monoisotopic (exact) mass is 611 g/mol. The van der Waals surface area contributed by atoms with Gasteiger partial charge in [0.1, 0.15) is 5.69 Å². The second-order valence-corrected chi connectivity index (χ2v) is 11.0. The lowest BCUT2D eigenvalue weighted by molar-refractivity contribution is -0.336. The fraction of sp³-hybridized carbons (Fsp3) is 0.414. The Kier molecular flexibility index (Phi) is 8.41. The number of aliphatic hydroxyl groups is 1. The fourth-order valence-corrected chi connectivity index (χ4v) is 6.07. The molecule has 2 amide bonds. The van der Waals surface area contributed by atoms with Crippen molar-refractivity contribution in [3.8, 4) is 0 Å². The average Bonchev–Trinajstić information content (AvgIpc) is 3.16. The van der Waals surface area contributed by atoms with Crippen molar-refractivity contribution in [2.24, 2.45) is 5.92 Å².